The molecule has 0 aliphatic carbocycles. The molecular formula is C22H20F3N5O2. The lowest BCUT2D eigenvalue weighted by atomic mass is 10.0. The molecule has 0 radical (unpaired) electrons. The summed E-state index contributed by atoms with van der Waals surface area (Å²) in [7, 11) is 0. The van der Waals surface area contributed by atoms with E-state index in [2.05, 4.69) is 9.97 Å². The molecule has 4 aromatic rings. The van der Waals surface area contributed by atoms with E-state index in [0.29, 0.717) is 29.9 Å². The zero-order valence-electron chi connectivity index (χ0n) is 17.2. The highest BCUT2D eigenvalue weighted by Gasteiger charge is 2.36. The maximum atomic E-state index is 13.8. The number of pyridine rings is 1. The number of aromatic nitrogens is 4. The summed E-state index contributed by atoms with van der Waals surface area (Å²) in [6.07, 6.45) is 6.56. The zero-order chi connectivity index (χ0) is 22.5. The van der Waals surface area contributed by atoms with Crippen LogP contribution in [0.3, 0.4) is 0 Å². The summed E-state index contributed by atoms with van der Waals surface area (Å²) in [5.41, 5.74) is 0.0914. The molecule has 1 aliphatic heterocycles. The maximum absolute atomic E-state index is 13.8. The van der Waals surface area contributed by atoms with Crippen LogP contribution in [0.5, 0.6) is 0 Å². The van der Waals surface area contributed by atoms with E-state index >= 15 is 0 Å². The summed E-state index contributed by atoms with van der Waals surface area (Å²) < 4.78 is 49.9. The Kier molecular flexibility index (Phi) is 4.79. The summed E-state index contributed by atoms with van der Waals surface area (Å²) in [6, 6.07) is 2.87. The molecular weight excluding hydrogens is 423 g/mol. The average molecular weight is 443 g/mol. The van der Waals surface area contributed by atoms with Gasteiger partial charge in [-0.25, -0.2) is 9.97 Å². The summed E-state index contributed by atoms with van der Waals surface area (Å²) in [5.74, 6) is -0.353. The highest BCUT2D eigenvalue weighted by molar-refractivity contribution is 5.94. The molecule has 5 rings (SSSR count). The van der Waals surface area contributed by atoms with Crippen molar-refractivity contribution in [3.63, 3.8) is 0 Å². The molecule has 1 saturated heterocycles. The minimum atomic E-state index is -4.62. The topological polar surface area (TPSA) is 68.6 Å². The number of piperidine rings is 1. The SMILES string of the molecule is Cc1c(C(=O)N2CCC(n3ccnc3)CC2)nc2c(C(F)(F)F)cc(-c3ccoc3)cn12. The fraction of sp³-hybridized carbons (Fsp3) is 0.318. The number of rotatable bonds is 3. The van der Waals surface area contributed by atoms with Gasteiger partial charge in [-0.2, -0.15) is 13.2 Å². The molecule has 1 fully saturated rings. The first-order chi connectivity index (χ1) is 15.3. The van der Waals surface area contributed by atoms with Gasteiger partial charge in [-0.15, -0.1) is 0 Å². The molecule has 0 aromatic carbocycles. The van der Waals surface area contributed by atoms with Crippen LogP contribution in [0.4, 0.5) is 13.2 Å². The van der Waals surface area contributed by atoms with Crippen molar-refractivity contribution in [3.8, 4) is 11.1 Å². The van der Waals surface area contributed by atoms with Gasteiger partial charge in [0.15, 0.2) is 0 Å². The second kappa shape index (κ2) is 7.54. The number of imidazole rings is 2. The van der Waals surface area contributed by atoms with Crippen molar-refractivity contribution in [2.45, 2.75) is 32.0 Å². The van der Waals surface area contributed by atoms with Gasteiger partial charge >= 0.3 is 6.18 Å². The smallest absolute Gasteiger partial charge is 0.420 e. The number of likely N-dealkylation sites (tertiary alicyclic amines) is 1. The average Bonchev–Trinajstić information content (AvgIpc) is 3.54. The number of nitrogens with zero attached hydrogens (tertiary/aromatic N) is 5. The molecule has 166 valence electrons. The third-order valence-corrected chi connectivity index (χ3v) is 6.02. The van der Waals surface area contributed by atoms with E-state index in [0.717, 1.165) is 18.9 Å². The van der Waals surface area contributed by atoms with Crippen molar-refractivity contribution in [1.82, 2.24) is 23.8 Å². The van der Waals surface area contributed by atoms with Gasteiger partial charge in [0.2, 0.25) is 0 Å². The zero-order valence-corrected chi connectivity index (χ0v) is 17.2. The Morgan fingerprint density at radius 2 is 2.00 bits per heavy atom. The van der Waals surface area contributed by atoms with Crippen molar-refractivity contribution in [3.05, 3.63) is 66.5 Å². The number of carbonyl (C=O) groups excluding carboxylic acids is 1. The Labute approximate surface area is 181 Å². The molecule has 7 nitrogen and oxygen atoms in total. The van der Waals surface area contributed by atoms with Gasteiger partial charge in [0, 0.05) is 48.8 Å². The van der Waals surface area contributed by atoms with E-state index in [1.807, 2.05) is 10.8 Å². The van der Waals surface area contributed by atoms with Crippen LogP contribution in [0.25, 0.3) is 16.8 Å². The monoisotopic (exact) mass is 443 g/mol. The summed E-state index contributed by atoms with van der Waals surface area (Å²) in [6.45, 7) is 2.62. The number of fused-ring (bicyclic) bond motifs is 1. The third-order valence-electron chi connectivity index (χ3n) is 6.02. The number of alkyl halides is 3. The standard InChI is InChI=1S/C22H20F3N5O2/c1-14-19(21(31)28-6-2-17(3-7-28)29-8-5-26-13-29)27-20-18(22(23,24)25)10-16(11-30(14)20)15-4-9-32-12-15/h4-5,8-13,17H,2-3,6-7H2,1H3. The summed E-state index contributed by atoms with van der Waals surface area (Å²) in [4.78, 5) is 23.1. The number of amides is 1. The number of hydrogen-bond acceptors (Lipinski definition) is 4. The fourth-order valence-electron chi connectivity index (χ4n) is 4.26. The van der Waals surface area contributed by atoms with Crippen LogP contribution in [-0.2, 0) is 6.18 Å². The van der Waals surface area contributed by atoms with Crippen LogP contribution in [0.15, 0.2) is 54.0 Å². The van der Waals surface area contributed by atoms with Gasteiger partial charge in [0.1, 0.15) is 11.3 Å². The second-order valence-electron chi connectivity index (χ2n) is 7.92. The van der Waals surface area contributed by atoms with Crippen LogP contribution in [0, 0.1) is 6.92 Å². The first-order valence-electron chi connectivity index (χ1n) is 10.2. The van der Waals surface area contributed by atoms with Crippen molar-refractivity contribution in [2.24, 2.45) is 0 Å². The molecule has 4 aromatic heterocycles. The highest BCUT2D eigenvalue weighted by atomic mass is 19.4. The molecule has 0 N–H and O–H groups in total. The van der Waals surface area contributed by atoms with Crippen molar-refractivity contribution >= 4 is 11.6 Å². The Balaban J connectivity index is 1.49. The largest absolute Gasteiger partial charge is 0.472 e. The van der Waals surface area contributed by atoms with Crippen molar-refractivity contribution in [2.75, 3.05) is 13.1 Å². The summed E-state index contributed by atoms with van der Waals surface area (Å²) >= 11 is 0. The summed E-state index contributed by atoms with van der Waals surface area (Å²) in [5, 5.41) is 0. The number of furan rings is 1. The van der Waals surface area contributed by atoms with Crippen molar-refractivity contribution in [1.29, 1.82) is 0 Å². The van der Waals surface area contributed by atoms with Gasteiger partial charge in [0.05, 0.1) is 30.1 Å². The Hall–Kier alpha value is -3.56. The van der Waals surface area contributed by atoms with Gasteiger partial charge in [-0.1, -0.05) is 0 Å². The lowest BCUT2D eigenvalue weighted by Gasteiger charge is -2.32. The molecule has 0 unspecified atom stereocenters. The molecule has 32 heavy (non-hydrogen) atoms. The second-order valence-corrected chi connectivity index (χ2v) is 7.92. The Morgan fingerprint density at radius 1 is 1.22 bits per heavy atom. The highest BCUT2D eigenvalue weighted by Crippen LogP contribution is 2.36. The molecule has 0 bridgehead atoms. The Morgan fingerprint density at radius 3 is 2.62 bits per heavy atom. The number of carbonyl (C=O) groups is 1. The number of aryl methyl sites for hydroxylation is 1. The van der Waals surface area contributed by atoms with Gasteiger partial charge in [-0.05, 0) is 31.9 Å². The lowest BCUT2D eigenvalue weighted by molar-refractivity contribution is -0.136. The van der Waals surface area contributed by atoms with E-state index in [1.54, 1.807) is 36.6 Å². The number of hydrogen-bond donors (Lipinski definition) is 0. The lowest BCUT2D eigenvalue weighted by Crippen LogP contribution is -2.39. The molecule has 1 amide bonds. The van der Waals surface area contributed by atoms with E-state index in [-0.39, 0.29) is 23.3 Å². The first kappa shape index (κ1) is 20.3. The molecule has 5 heterocycles. The van der Waals surface area contributed by atoms with E-state index in [1.165, 1.54) is 16.9 Å². The van der Waals surface area contributed by atoms with Crippen LogP contribution in [0.1, 0.15) is 40.6 Å². The molecule has 0 spiro atoms. The van der Waals surface area contributed by atoms with Gasteiger partial charge in [-0.3, -0.25) is 4.79 Å². The molecule has 0 atom stereocenters. The minimum absolute atomic E-state index is 0.0425. The molecule has 1 aliphatic rings. The first-order valence-corrected chi connectivity index (χ1v) is 10.2. The van der Waals surface area contributed by atoms with Crippen LogP contribution in [-0.4, -0.2) is 42.8 Å². The quantitative estimate of drug-likeness (QED) is 0.464. The van der Waals surface area contributed by atoms with Crippen LogP contribution >= 0.6 is 0 Å². The Bertz CT molecular complexity index is 1250. The van der Waals surface area contributed by atoms with Gasteiger partial charge in [0.25, 0.3) is 5.91 Å². The van der Waals surface area contributed by atoms with Crippen LogP contribution < -0.4 is 0 Å². The van der Waals surface area contributed by atoms with Crippen molar-refractivity contribution < 1.29 is 22.4 Å². The van der Waals surface area contributed by atoms with E-state index in [9.17, 15) is 18.0 Å². The van der Waals surface area contributed by atoms with Gasteiger partial charge < -0.3 is 18.3 Å². The minimum Gasteiger partial charge on any atom is -0.472 e. The van der Waals surface area contributed by atoms with Crippen LogP contribution in [0.2, 0.25) is 0 Å². The maximum Gasteiger partial charge on any atom is 0.420 e. The number of halogens is 3. The predicted molar refractivity (Wildman–Crippen MR) is 109 cm³/mol. The normalized spacial score (nSPS) is 15.6. The third kappa shape index (κ3) is 3.45. The molecule has 10 heteroatoms. The predicted octanol–water partition coefficient (Wildman–Crippen LogP) is 4.60. The van der Waals surface area contributed by atoms with E-state index in [4.69, 9.17) is 4.42 Å². The van der Waals surface area contributed by atoms with E-state index < -0.39 is 11.7 Å². The molecule has 0 saturated carbocycles. The fourth-order valence-corrected chi connectivity index (χ4v) is 4.26.